The number of anilines is 2. The molecule has 12 heteroatoms. The van der Waals surface area contributed by atoms with E-state index in [1.807, 2.05) is 6.07 Å². The highest BCUT2D eigenvalue weighted by Crippen LogP contribution is 2.21. The van der Waals surface area contributed by atoms with Gasteiger partial charge in [0.05, 0.1) is 12.7 Å². The topological polar surface area (TPSA) is 121 Å². The molecule has 3 aromatic rings. The number of rotatable bonds is 13. The third kappa shape index (κ3) is 6.84. The summed E-state index contributed by atoms with van der Waals surface area (Å²) >= 11 is 0. The fourth-order valence-electron chi connectivity index (χ4n) is 4.43. The van der Waals surface area contributed by atoms with Gasteiger partial charge in [-0.25, -0.2) is 28.5 Å². The Labute approximate surface area is 208 Å². The van der Waals surface area contributed by atoms with Crippen LogP contribution in [0.3, 0.4) is 0 Å². The van der Waals surface area contributed by atoms with E-state index in [2.05, 4.69) is 36.8 Å². The number of unbranched alkanes of at least 4 members (excludes halogenated alkanes) is 1. The van der Waals surface area contributed by atoms with Crippen molar-refractivity contribution < 1.29 is 18.7 Å². The van der Waals surface area contributed by atoms with Gasteiger partial charge in [0.2, 0.25) is 0 Å². The normalized spacial score (nSPS) is 14.1. The maximum atomic E-state index is 13.2. The second-order valence-electron chi connectivity index (χ2n) is 9.07. The summed E-state index contributed by atoms with van der Waals surface area (Å²) in [5, 5.41) is 20.2. The molecule has 10 nitrogen and oxygen atoms in total. The molecule has 0 saturated heterocycles. The number of nitrogens with one attached hydrogen (secondary N) is 2. The van der Waals surface area contributed by atoms with Gasteiger partial charge in [-0.05, 0) is 56.7 Å². The van der Waals surface area contributed by atoms with Gasteiger partial charge in [-0.3, -0.25) is 9.58 Å². The van der Waals surface area contributed by atoms with Crippen molar-refractivity contribution in [2.75, 3.05) is 36.8 Å². The highest BCUT2D eigenvalue weighted by atomic mass is 19.3. The summed E-state index contributed by atoms with van der Waals surface area (Å²) in [7, 11) is 1.74. The predicted molar refractivity (Wildman–Crippen MR) is 132 cm³/mol. The number of carbonyl (C=O) groups is 1. The fourth-order valence-corrected chi connectivity index (χ4v) is 4.43. The first-order valence-electron chi connectivity index (χ1n) is 12.3. The summed E-state index contributed by atoms with van der Waals surface area (Å²) in [6.45, 7) is 1.21. The lowest BCUT2D eigenvalue weighted by Gasteiger charge is -2.24. The smallest absolute Gasteiger partial charge is 0.326 e. The maximum Gasteiger partial charge on any atom is 0.326 e. The molecule has 0 fully saturated rings. The standard InChI is InChI=1S/C24H32F2N8O2/c1-33-13-19-21(32-33)23(29-15-28-19)31-18(24(35)36)9-12-34(14-20(25)26)11-3-2-6-17-8-7-16-5-4-10-27-22(16)30-17/h7-8,13,15,18,20H,2-6,9-12,14H2,1H3,(H,27,30)(H,35,36)(H,28,29,31). The van der Waals surface area contributed by atoms with Crippen LogP contribution in [-0.4, -0.2) is 79.4 Å². The van der Waals surface area contributed by atoms with Crippen molar-refractivity contribution in [2.45, 2.75) is 51.0 Å². The Morgan fingerprint density at radius 1 is 1.28 bits per heavy atom. The molecule has 1 aliphatic heterocycles. The second kappa shape index (κ2) is 12.0. The van der Waals surface area contributed by atoms with Crippen molar-refractivity contribution in [3.63, 3.8) is 0 Å². The minimum Gasteiger partial charge on any atom is -0.480 e. The van der Waals surface area contributed by atoms with Crippen LogP contribution < -0.4 is 10.6 Å². The largest absolute Gasteiger partial charge is 0.480 e. The number of hydrogen-bond acceptors (Lipinski definition) is 8. The lowest BCUT2D eigenvalue weighted by molar-refractivity contribution is -0.138. The zero-order valence-corrected chi connectivity index (χ0v) is 20.3. The summed E-state index contributed by atoms with van der Waals surface area (Å²) in [5.41, 5.74) is 3.27. The van der Waals surface area contributed by atoms with Crippen LogP contribution in [0, 0.1) is 0 Å². The van der Waals surface area contributed by atoms with Gasteiger partial charge in [0, 0.05) is 25.8 Å². The molecule has 0 saturated carbocycles. The van der Waals surface area contributed by atoms with Crippen molar-refractivity contribution in [2.24, 2.45) is 7.05 Å². The second-order valence-corrected chi connectivity index (χ2v) is 9.07. The molecular formula is C24H32F2N8O2. The van der Waals surface area contributed by atoms with E-state index < -0.39 is 25.0 Å². The number of pyridine rings is 1. The minimum absolute atomic E-state index is 0.137. The molecule has 4 rings (SSSR count). The van der Waals surface area contributed by atoms with E-state index in [-0.39, 0.29) is 13.0 Å². The molecule has 1 unspecified atom stereocenters. The van der Waals surface area contributed by atoms with Crippen LogP contribution >= 0.6 is 0 Å². The SMILES string of the molecule is Cn1cc2ncnc(NC(CCN(CCCCc3ccc4c(n3)NCCC4)CC(F)F)C(=O)O)c2n1. The van der Waals surface area contributed by atoms with Crippen molar-refractivity contribution >= 4 is 28.6 Å². The van der Waals surface area contributed by atoms with E-state index in [0.29, 0.717) is 29.8 Å². The van der Waals surface area contributed by atoms with Gasteiger partial charge in [-0.2, -0.15) is 5.10 Å². The number of halogens is 2. The van der Waals surface area contributed by atoms with E-state index in [1.54, 1.807) is 22.8 Å². The molecule has 0 amide bonds. The number of fused-ring (bicyclic) bond motifs is 2. The number of aliphatic carboxylic acids is 1. The van der Waals surface area contributed by atoms with Crippen molar-refractivity contribution in [3.05, 3.63) is 35.9 Å². The average molecular weight is 503 g/mol. The van der Waals surface area contributed by atoms with Crippen LogP contribution in [0.1, 0.15) is 36.9 Å². The molecular weight excluding hydrogens is 470 g/mol. The first-order chi connectivity index (χ1) is 17.4. The number of nitrogens with zero attached hydrogens (tertiary/aromatic N) is 6. The van der Waals surface area contributed by atoms with Gasteiger partial charge in [-0.15, -0.1) is 0 Å². The van der Waals surface area contributed by atoms with Crippen LogP contribution in [0.4, 0.5) is 20.4 Å². The van der Waals surface area contributed by atoms with Crippen LogP contribution in [0.2, 0.25) is 0 Å². The zero-order chi connectivity index (χ0) is 25.5. The Morgan fingerprint density at radius 2 is 2.14 bits per heavy atom. The van der Waals surface area contributed by atoms with Crippen LogP contribution in [0.15, 0.2) is 24.7 Å². The highest BCUT2D eigenvalue weighted by molar-refractivity contribution is 5.87. The number of carboxylic acid groups (broad SMARTS) is 1. The molecule has 194 valence electrons. The summed E-state index contributed by atoms with van der Waals surface area (Å²) in [5.74, 6) is 0.180. The van der Waals surface area contributed by atoms with Gasteiger partial charge < -0.3 is 15.7 Å². The lowest BCUT2D eigenvalue weighted by atomic mass is 10.1. The molecule has 1 atom stereocenters. The highest BCUT2D eigenvalue weighted by Gasteiger charge is 2.22. The average Bonchev–Trinajstić information content (AvgIpc) is 3.24. The van der Waals surface area contributed by atoms with Gasteiger partial charge in [0.15, 0.2) is 11.3 Å². The molecule has 4 heterocycles. The fraction of sp³-hybridized carbons (Fsp3) is 0.542. The first-order valence-corrected chi connectivity index (χ1v) is 12.3. The molecule has 1 aliphatic rings. The monoisotopic (exact) mass is 502 g/mol. The number of aryl methyl sites for hydroxylation is 3. The first kappa shape index (κ1) is 25.7. The zero-order valence-electron chi connectivity index (χ0n) is 20.3. The molecule has 0 spiro atoms. The van der Waals surface area contributed by atoms with E-state index in [4.69, 9.17) is 0 Å². The van der Waals surface area contributed by atoms with Crippen molar-refractivity contribution in [1.29, 1.82) is 0 Å². The van der Waals surface area contributed by atoms with E-state index in [9.17, 15) is 18.7 Å². The van der Waals surface area contributed by atoms with E-state index in [0.717, 1.165) is 43.7 Å². The van der Waals surface area contributed by atoms with Crippen molar-refractivity contribution in [1.82, 2.24) is 29.6 Å². The van der Waals surface area contributed by atoms with Gasteiger partial charge in [-0.1, -0.05) is 6.07 Å². The Hall–Kier alpha value is -3.41. The summed E-state index contributed by atoms with van der Waals surface area (Å²) in [6.07, 6.45) is 5.12. The molecule has 0 aromatic carbocycles. The van der Waals surface area contributed by atoms with E-state index in [1.165, 1.54) is 11.9 Å². The number of hydrogen-bond donors (Lipinski definition) is 3. The molecule has 3 aromatic heterocycles. The molecule has 0 radical (unpaired) electrons. The molecule has 36 heavy (non-hydrogen) atoms. The third-order valence-corrected chi connectivity index (χ3v) is 6.27. The predicted octanol–water partition coefficient (Wildman–Crippen LogP) is 2.96. The van der Waals surface area contributed by atoms with Gasteiger partial charge >= 0.3 is 5.97 Å². The Bertz CT molecular complexity index is 1170. The van der Waals surface area contributed by atoms with Gasteiger partial charge in [0.1, 0.15) is 23.7 Å². The minimum atomic E-state index is -2.50. The third-order valence-electron chi connectivity index (χ3n) is 6.27. The summed E-state index contributed by atoms with van der Waals surface area (Å²) in [6, 6.07) is 3.15. The molecule has 0 bridgehead atoms. The maximum absolute atomic E-state index is 13.2. The lowest BCUT2D eigenvalue weighted by Crippen LogP contribution is -2.37. The molecule has 0 aliphatic carbocycles. The Kier molecular flexibility index (Phi) is 8.57. The number of carboxylic acids is 1. The quantitative estimate of drug-likeness (QED) is 0.303. The number of alkyl halides is 2. The molecule has 3 N–H and O–H groups in total. The van der Waals surface area contributed by atoms with Gasteiger partial charge in [0.25, 0.3) is 6.43 Å². The summed E-state index contributed by atoms with van der Waals surface area (Å²) in [4.78, 5) is 26.5. The van der Waals surface area contributed by atoms with E-state index >= 15 is 0 Å². The number of aromatic nitrogens is 5. The summed E-state index contributed by atoms with van der Waals surface area (Å²) < 4.78 is 28.0. The van der Waals surface area contributed by atoms with Crippen molar-refractivity contribution in [3.8, 4) is 0 Å². The van der Waals surface area contributed by atoms with Crippen LogP contribution in [0.5, 0.6) is 0 Å². The Balaban J connectivity index is 1.30. The Morgan fingerprint density at radius 3 is 2.94 bits per heavy atom. The van der Waals surface area contributed by atoms with Crippen LogP contribution in [-0.2, 0) is 24.7 Å². The van der Waals surface area contributed by atoms with Crippen LogP contribution in [0.25, 0.3) is 11.0 Å².